The fourth-order valence-electron chi connectivity index (χ4n) is 5.88. The highest BCUT2D eigenvalue weighted by atomic mass is 35.5. The molecule has 1 atom stereocenters. The highest BCUT2D eigenvalue weighted by Crippen LogP contribution is 2.38. The standard InChI is InChI=1S/C34H35Cl2N5O2S/c1-23-7-9-24(10-8-23)11-13-27-14-16-31(44-27)33-28(21-39-17-5-6-26(39)22-42)32(34(43)38-40-18-3-2-4-19-40)37-41(33)30-15-12-25(35)20-29(30)36/h7-10,12,14-16,20,26,42H,2-6,17-19,21-22H2,1H3,(H,38,43)/t26-/m1/s1. The number of aryl methyl sites for hydroxylation is 1. The van der Waals surface area contributed by atoms with Crippen molar-refractivity contribution in [1.82, 2.24) is 25.1 Å². The van der Waals surface area contributed by atoms with Gasteiger partial charge in [0.05, 0.1) is 32.8 Å². The average Bonchev–Trinajstić information content (AvgIpc) is 3.76. The quantitative estimate of drug-likeness (QED) is 0.218. The molecule has 2 fully saturated rings. The first-order valence-corrected chi connectivity index (χ1v) is 16.6. The number of benzene rings is 2. The van der Waals surface area contributed by atoms with E-state index in [1.54, 1.807) is 28.2 Å². The Morgan fingerprint density at radius 2 is 1.82 bits per heavy atom. The van der Waals surface area contributed by atoms with Gasteiger partial charge in [-0.2, -0.15) is 5.10 Å². The third kappa shape index (κ3) is 6.89. The van der Waals surface area contributed by atoms with E-state index < -0.39 is 0 Å². The van der Waals surface area contributed by atoms with Crippen molar-refractivity contribution in [3.05, 3.63) is 91.9 Å². The molecule has 2 aromatic carbocycles. The predicted octanol–water partition coefficient (Wildman–Crippen LogP) is 6.70. The maximum atomic E-state index is 13.9. The Bertz CT molecular complexity index is 1700. The average molecular weight is 649 g/mol. The SMILES string of the molecule is Cc1ccc(C#Cc2ccc(-c3c(CN4CCC[C@@H]4CO)c(C(=O)NN4CCCCC4)nn3-c3ccc(Cl)cc3Cl)s2)cc1. The number of aliphatic hydroxyl groups excluding tert-OH is 1. The summed E-state index contributed by atoms with van der Waals surface area (Å²) in [5.41, 5.74) is 7.82. The lowest BCUT2D eigenvalue weighted by Crippen LogP contribution is -2.45. The van der Waals surface area contributed by atoms with Gasteiger partial charge in [0.2, 0.25) is 0 Å². The van der Waals surface area contributed by atoms with Gasteiger partial charge in [-0.25, -0.2) is 9.69 Å². The Hall–Kier alpha value is -3.16. The predicted molar refractivity (Wildman–Crippen MR) is 177 cm³/mol. The largest absolute Gasteiger partial charge is 0.395 e. The van der Waals surface area contributed by atoms with Crippen LogP contribution >= 0.6 is 34.5 Å². The van der Waals surface area contributed by atoms with E-state index in [1.807, 2.05) is 35.3 Å². The lowest BCUT2D eigenvalue weighted by Gasteiger charge is -2.27. The molecular formula is C34H35Cl2N5O2S. The number of hydrazine groups is 1. The number of amides is 1. The first-order valence-electron chi connectivity index (χ1n) is 15.1. The number of carbonyl (C=O) groups is 1. The lowest BCUT2D eigenvalue weighted by atomic mass is 10.1. The molecule has 10 heteroatoms. The van der Waals surface area contributed by atoms with Crippen LogP contribution in [-0.4, -0.2) is 63.0 Å². The number of aromatic nitrogens is 2. The van der Waals surface area contributed by atoms with Gasteiger partial charge in [-0.3, -0.25) is 15.1 Å². The van der Waals surface area contributed by atoms with Crippen molar-refractivity contribution in [1.29, 1.82) is 0 Å². The number of hydrogen-bond acceptors (Lipinski definition) is 6. The zero-order valence-electron chi connectivity index (χ0n) is 24.7. The van der Waals surface area contributed by atoms with Crippen LogP contribution in [-0.2, 0) is 6.54 Å². The smallest absolute Gasteiger partial charge is 0.286 e. The van der Waals surface area contributed by atoms with E-state index in [1.165, 1.54) is 5.56 Å². The third-order valence-corrected chi connectivity index (χ3v) is 9.79. The van der Waals surface area contributed by atoms with Gasteiger partial charge in [0.25, 0.3) is 5.91 Å². The van der Waals surface area contributed by atoms with Crippen molar-refractivity contribution in [2.24, 2.45) is 0 Å². The summed E-state index contributed by atoms with van der Waals surface area (Å²) >= 11 is 14.6. The third-order valence-electron chi connectivity index (χ3n) is 8.24. The van der Waals surface area contributed by atoms with Crippen LogP contribution < -0.4 is 5.43 Å². The number of likely N-dealkylation sites (tertiary alicyclic amines) is 1. The highest BCUT2D eigenvalue weighted by molar-refractivity contribution is 7.16. The molecule has 1 amide bonds. The maximum absolute atomic E-state index is 13.9. The second kappa shape index (κ2) is 13.9. The van der Waals surface area contributed by atoms with Gasteiger partial charge in [-0.15, -0.1) is 11.3 Å². The van der Waals surface area contributed by atoms with Gasteiger partial charge in [0, 0.05) is 41.8 Å². The van der Waals surface area contributed by atoms with Crippen molar-refractivity contribution < 1.29 is 9.90 Å². The Morgan fingerprint density at radius 3 is 2.57 bits per heavy atom. The molecule has 6 rings (SSSR count). The molecule has 0 saturated carbocycles. The van der Waals surface area contributed by atoms with Gasteiger partial charge < -0.3 is 5.11 Å². The molecule has 44 heavy (non-hydrogen) atoms. The Kier molecular flexibility index (Phi) is 9.72. The number of halogens is 2. The summed E-state index contributed by atoms with van der Waals surface area (Å²) in [5, 5.41) is 18.0. The van der Waals surface area contributed by atoms with Crippen LogP contribution in [0.3, 0.4) is 0 Å². The molecule has 0 aliphatic carbocycles. The number of nitrogens with zero attached hydrogens (tertiary/aromatic N) is 4. The molecule has 228 valence electrons. The van der Waals surface area contributed by atoms with Crippen LogP contribution in [0.25, 0.3) is 16.3 Å². The maximum Gasteiger partial charge on any atom is 0.286 e. The Balaban J connectivity index is 1.47. The highest BCUT2D eigenvalue weighted by Gasteiger charge is 2.32. The second-order valence-electron chi connectivity index (χ2n) is 11.4. The van der Waals surface area contributed by atoms with Crippen LogP contribution in [0.4, 0.5) is 0 Å². The topological polar surface area (TPSA) is 73.6 Å². The number of piperidine rings is 1. The van der Waals surface area contributed by atoms with E-state index in [0.29, 0.717) is 28.0 Å². The number of carbonyl (C=O) groups excluding carboxylic acids is 1. The number of hydrogen-bond donors (Lipinski definition) is 2. The Labute approximate surface area is 272 Å². The summed E-state index contributed by atoms with van der Waals surface area (Å²) in [6.45, 7) is 5.05. The van der Waals surface area contributed by atoms with Crippen LogP contribution in [0.2, 0.25) is 10.0 Å². The van der Waals surface area contributed by atoms with E-state index in [2.05, 4.69) is 41.2 Å². The zero-order valence-corrected chi connectivity index (χ0v) is 27.0. The van der Waals surface area contributed by atoms with Gasteiger partial charge in [-0.05, 0) is 81.6 Å². The summed E-state index contributed by atoms with van der Waals surface area (Å²) < 4.78 is 1.77. The molecule has 0 unspecified atom stereocenters. The van der Waals surface area contributed by atoms with E-state index in [9.17, 15) is 9.90 Å². The second-order valence-corrected chi connectivity index (χ2v) is 13.3. The lowest BCUT2D eigenvalue weighted by molar-refractivity contribution is 0.0741. The molecule has 4 aromatic rings. The van der Waals surface area contributed by atoms with Crippen LogP contribution in [0, 0.1) is 18.8 Å². The fourth-order valence-corrected chi connectivity index (χ4v) is 7.29. The minimum atomic E-state index is -0.248. The fraction of sp³-hybridized carbons (Fsp3) is 0.353. The molecule has 2 aliphatic heterocycles. The summed E-state index contributed by atoms with van der Waals surface area (Å²) in [6.07, 6.45) is 5.15. The van der Waals surface area contributed by atoms with Gasteiger partial charge in [0.15, 0.2) is 5.69 Å². The van der Waals surface area contributed by atoms with Crippen LogP contribution in [0.5, 0.6) is 0 Å². The first kappa shape index (κ1) is 30.8. The van der Waals surface area contributed by atoms with Gasteiger partial charge in [-0.1, -0.05) is 59.2 Å². The summed E-state index contributed by atoms with van der Waals surface area (Å²) in [6, 6.07) is 17.5. The molecule has 7 nitrogen and oxygen atoms in total. The molecule has 0 bridgehead atoms. The minimum Gasteiger partial charge on any atom is -0.395 e. The van der Waals surface area contributed by atoms with E-state index in [4.69, 9.17) is 28.3 Å². The molecule has 0 spiro atoms. The van der Waals surface area contributed by atoms with Crippen molar-refractivity contribution >= 4 is 40.4 Å². The number of aliphatic hydroxyl groups is 1. The number of rotatable bonds is 7. The summed E-state index contributed by atoms with van der Waals surface area (Å²) in [7, 11) is 0. The van der Waals surface area contributed by atoms with Crippen molar-refractivity contribution in [2.45, 2.75) is 51.6 Å². The van der Waals surface area contributed by atoms with E-state index in [-0.39, 0.29) is 18.6 Å². The zero-order chi connectivity index (χ0) is 30.6. The molecular weight excluding hydrogens is 613 g/mol. The van der Waals surface area contributed by atoms with Crippen LogP contribution in [0.15, 0.2) is 54.6 Å². The minimum absolute atomic E-state index is 0.0302. The summed E-state index contributed by atoms with van der Waals surface area (Å²) in [5.74, 6) is 6.33. The molecule has 4 heterocycles. The molecule has 2 N–H and O–H groups in total. The van der Waals surface area contributed by atoms with Crippen molar-refractivity contribution in [3.63, 3.8) is 0 Å². The molecule has 2 aromatic heterocycles. The molecule has 0 radical (unpaired) electrons. The number of nitrogens with one attached hydrogen (secondary N) is 1. The van der Waals surface area contributed by atoms with Gasteiger partial charge >= 0.3 is 0 Å². The van der Waals surface area contributed by atoms with Crippen molar-refractivity contribution in [3.8, 4) is 28.1 Å². The molecule has 2 saturated heterocycles. The monoisotopic (exact) mass is 647 g/mol. The number of thiophene rings is 1. The Morgan fingerprint density at radius 1 is 1.02 bits per heavy atom. The molecule has 2 aliphatic rings. The van der Waals surface area contributed by atoms with Crippen molar-refractivity contribution in [2.75, 3.05) is 26.2 Å². The summed E-state index contributed by atoms with van der Waals surface area (Å²) in [4.78, 5) is 18.0. The first-order chi connectivity index (χ1) is 21.4. The van der Waals surface area contributed by atoms with Crippen LogP contribution in [0.1, 0.15) is 64.2 Å². The van der Waals surface area contributed by atoms with E-state index in [0.717, 1.165) is 78.3 Å². The van der Waals surface area contributed by atoms with E-state index >= 15 is 0 Å². The van der Waals surface area contributed by atoms with Gasteiger partial charge in [0.1, 0.15) is 0 Å². The normalized spacial score (nSPS) is 17.4.